The summed E-state index contributed by atoms with van der Waals surface area (Å²) in [5.74, 6) is 0.782. The second kappa shape index (κ2) is 4.59. The molecule has 0 radical (unpaired) electrons. The van der Waals surface area contributed by atoms with Crippen molar-refractivity contribution in [3.63, 3.8) is 0 Å². The molecule has 15 heavy (non-hydrogen) atoms. The second-order valence-electron chi connectivity index (χ2n) is 2.88. The Morgan fingerprint density at radius 2 is 2.20 bits per heavy atom. The standard InChI is InChI=1S/C10H10ClN3S/c1-2-12-10-8(13-4-5-14-10)9-7(11)3-6-15-9/h3-6H,2H2,1H3,(H,12,14). The zero-order chi connectivity index (χ0) is 10.7. The van der Waals surface area contributed by atoms with Crippen LogP contribution < -0.4 is 5.32 Å². The first-order valence-electron chi connectivity index (χ1n) is 4.61. The third-order valence-electron chi connectivity index (χ3n) is 1.87. The quantitative estimate of drug-likeness (QED) is 0.893. The summed E-state index contributed by atoms with van der Waals surface area (Å²) < 4.78 is 0. The highest BCUT2D eigenvalue weighted by Gasteiger charge is 2.11. The maximum atomic E-state index is 6.06. The van der Waals surface area contributed by atoms with Gasteiger partial charge in [-0.15, -0.1) is 11.3 Å². The Balaban J connectivity index is 2.48. The lowest BCUT2D eigenvalue weighted by Gasteiger charge is -2.06. The molecule has 78 valence electrons. The lowest BCUT2D eigenvalue weighted by molar-refractivity contribution is 1.13. The van der Waals surface area contributed by atoms with Gasteiger partial charge in [0.15, 0.2) is 5.82 Å². The Morgan fingerprint density at radius 3 is 2.87 bits per heavy atom. The van der Waals surface area contributed by atoms with Gasteiger partial charge < -0.3 is 5.32 Å². The molecule has 0 aromatic carbocycles. The van der Waals surface area contributed by atoms with Crippen LogP contribution in [0.3, 0.4) is 0 Å². The summed E-state index contributed by atoms with van der Waals surface area (Å²) in [4.78, 5) is 9.50. The molecule has 0 saturated carbocycles. The first-order valence-corrected chi connectivity index (χ1v) is 5.87. The summed E-state index contributed by atoms with van der Waals surface area (Å²) in [6.45, 7) is 2.84. The Morgan fingerprint density at radius 1 is 1.40 bits per heavy atom. The van der Waals surface area contributed by atoms with Crippen molar-refractivity contribution in [3.05, 3.63) is 28.9 Å². The summed E-state index contributed by atoms with van der Waals surface area (Å²) in [7, 11) is 0. The number of anilines is 1. The van der Waals surface area contributed by atoms with E-state index in [1.54, 1.807) is 23.7 Å². The van der Waals surface area contributed by atoms with Gasteiger partial charge in [-0.05, 0) is 18.4 Å². The maximum absolute atomic E-state index is 6.06. The van der Waals surface area contributed by atoms with Crippen LogP contribution in [0.25, 0.3) is 10.6 Å². The van der Waals surface area contributed by atoms with Gasteiger partial charge in [-0.25, -0.2) is 9.97 Å². The highest BCUT2D eigenvalue weighted by atomic mass is 35.5. The van der Waals surface area contributed by atoms with Gasteiger partial charge in [-0.1, -0.05) is 11.6 Å². The molecule has 0 amide bonds. The third kappa shape index (κ3) is 2.11. The van der Waals surface area contributed by atoms with Gasteiger partial charge in [-0.3, -0.25) is 0 Å². The number of halogens is 1. The first-order chi connectivity index (χ1) is 7.33. The van der Waals surface area contributed by atoms with Crippen molar-refractivity contribution in [3.8, 4) is 10.6 Å². The molecule has 1 N–H and O–H groups in total. The molecule has 0 bridgehead atoms. The average Bonchev–Trinajstić information content (AvgIpc) is 2.66. The molecule has 3 nitrogen and oxygen atoms in total. The van der Waals surface area contributed by atoms with Crippen molar-refractivity contribution in [2.45, 2.75) is 6.92 Å². The van der Waals surface area contributed by atoms with E-state index in [4.69, 9.17) is 11.6 Å². The van der Waals surface area contributed by atoms with E-state index in [0.717, 1.165) is 28.0 Å². The smallest absolute Gasteiger partial charge is 0.153 e. The minimum Gasteiger partial charge on any atom is -0.369 e. The van der Waals surface area contributed by atoms with Gasteiger partial charge >= 0.3 is 0 Å². The van der Waals surface area contributed by atoms with E-state index in [1.165, 1.54) is 0 Å². The van der Waals surface area contributed by atoms with Crippen molar-refractivity contribution in [1.82, 2.24) is 9.97 Å². The summed E-state index contributed by atoms with van der Waals surface area (Å²) >= 11 is 7.63. The molecule has 0 aliphatic heterocycles. The van der Waals surface area contributed by atoms with E-state index in [1.807, 2.05) is 18.4 Å². The predicted molar refractivity (Wildman–Crippen MR) is 64.5 cm³/mol. The normalized spacial score (nSPS) is 10.3. The number of thiophene rings is 1. The van der Waals surface area contributed by atoms with Gasteiger partial charge in [0.25, 0.3) is 0 Å². The van der Waals surface area contributed by atoms with Gasteiger partial charge in [0, 0.05) is 18.9 Å². The Bertz CT molecular complexity index is 455. The lowest BCUT2D eigenvalue weighted by Crippen LogP contribution is -2.01. The van der Waals surface area contributed by atoms with Crippen LogP contribution in [-0.2, 0) is 0 Å². The van der Waals surface area contributed by atoms with E-state index in [0.29, 0.717) is 0 Å². The molecule has 0 spiro atoms. The van der Waals surface area contributed by atoms with Crippen molar-refractivity contribution < 1.29 is 0 Å². The van der Waals surface area contributed by atoms with E-state index in [2.05, 4.69) is 15.3 Å². The number of hydrogen-bond donors (Lipinski definition) is 1. The Kier molecular flexibility index (Phi) is 3.18. The number of nitrogens with zero attached hydrogens (tertiary/aromatic N) is 2. The second-order valence-corrected chi connectivity index (χ2v) is 4.20. The van der Waals surface area contributed by atoms with Crippen molar-refractivity contribution >= 4 is 28.8 Å². The van der Waals surface area contributed by atoms with Crippen LogP contribution in [0, 0.1) is 0 Å². The molecule has 5 heteroatoms. The van der Waals surface area contributed by atoms with Crippen LogP contribution >= 0.6 is 22.9 Å². The van der Waals surface area contributed by atoms with Gasteiger partial charge in [0.1, 0.15) is 5.69 Å². The van der Waals surface area contributed by atoms with E-state index < -0.39 is 0 Å². The van der Waals surface area contributed by atoms with Crippen LogP contribution in [0.15, 0.2) is 23.8 Å². The topological polar surface area (TPSA) is 37.8 Å². The van der Waals surface area contributed by atoms with Crippen molar-refractivity contribution in [2.75, 3.05) is 11.9 Å². The number of hydrogen-bond acceptors (Lipinski definition) is 4. The molecule has 0 saturated heterocycles. The Hall–Kier alpha value is -1.13. The molecule has 2 rings (SSSR count). The molecular weight excluding hydrogens is 230 g/mol. The molecule has 2 aromatic rings. The van der Waals surface area contributed by atoms with Gasteiger partial charge in [-0.2, -0.15) is 0 Å². The third-order valence-corrected chi connectivity index (χ3v) is 3.22. The highest BCUT2D eigenvalue weighted by molar-refractivity contribution is 7.14. The van der Waals surface area contributed by atoms with Crippen LogP contribution in [-0.4, -0.2) is 16.5 Å². The highest BCUT2D eigenvalue weighted by Crippen LogP contribution is 2.34. The number of aromatic nitrogens is 2. The largest absolute Gasteiger partial charge is 0.369 e. The van der Waals surface area contributed by atoms with E-state index in [9.17, 15) is 0 Å². The molecule has 0 aliphatic rings. The van der Waals surface area contributed by atoms with Crippen molar-refractivity contribution in [2.24, 2.45) is 0 Å². The molecule has 2 heterocycles. The number of rotatable bonds is 3. The number of nitrogens with one attached hydrogen (secondary N) is 1. The van der Waals surface area contributed by atoms with Crippen LogP contribution in [0.1, 0.15) is 6.92 Å². The fourth-order valence-corrected chi connectivity index (χ4v) is 2.41. The summed E-state index contributed by atoms with van der Waals surface area (Å²) in [5.41, 5.74) is 0.819. The summed E-state index contributed by atoms with van der Waals surface area (Å²) in [6, 6.07) is 1.87. The SMILES string of the molecule is CCNc1nccnc1-c1sccc1Cl. The van der Waals surface area contributed by atoms with Gasteiger partial charge in [0.05, 0.1) is 9.90 Å². The van der Waals surface area contributed by atoms with Crippen LogP contribution in [0.2, 0.25) is 5.02 Å². The minimum absolute atomic E-state index is 0.722. The zero-order valence-corrected chi connectivity index (χ0v) is 9.77. The molecule has 2 aromatic heterocycles. The van der Waals surface area contributed by atoms with Crippen LogP contribution in [0.5, 0.6) is 0 Å². The first kappa shape index (κ1) is 10.4. The maximum Gasteiger partial charge on any atom is 0.153 e. The summed E-state index contributed by atoms with van der Waals surface area (Å²) in [6.07, 6.45) is 3.34. The Labute approximate surface area is 97.2 Å². The van der Waals surface area contributed by atoms with E-state index >= 15 is 0 Å². The van der Waals surface area contributed by atoms with E-state index in [-0.39, 0.29) is 0 Å². The molecule has 0 aliphatic carbocycles. The van der Waals surface area contributed by atoms with Gasteiger partial charge in [0.2, 0.25) is 0 Å². The monoisotopic (exact) mass is 239 g/mol. The van der Waals surface area contributed by atoms with Crippen LogP contribution in [0.4, 0.5) is 5.82 Å². The lowest BCUT2D eigenvalue weighted by atomic mass is 10.3. The average molecular weight is 240 g/mol. The molecule has 0 fully saturated rings. The predicted octanol–water partition coefficient (Wildman–Crippen LogP) is 3.29. The van der Waals surface area contributed by atoms with Crippen molar-refractivity contribution in [1.29, 1.82) is 0 Å². The summed E-state index contributed by atoms with van der Waals surface area (Å²) in [5, 5.41) is 5.83. The fraction of sp³-hybridized carbons (Fsp3) is 0.200. The molecule has 0 atom stereocenters. The molecule has 0 unspecified atom stereocenters. The fourth-order valence-electron chi connectivity index (χ4n) is 1.26. The minimum atomic E-state index is 0.722. The zero-order valence-electron chi connectivity index (χ0n) is 8.20. The molecular formula is C10H10ClN3S.